The molecule has 78 valence electrons. The van der Waals surface area contributed by atoms with Gasteiger partial charge >= 0.3 is 0 Å². The highest BCUT2D eigenvalue weighted by Crippen LogP contribution is 2.04. The van der Waals surface area contributed by atoms with Gasteiger partial charge in [0.2, 0.25) is 0 Å². The van der Waals surface area contributed by atoms with E-state index in [0.29, 0.717) is 13.2 Å². The molecule has 0 N–H and O–H groups in total. The second-order valence-corrected chi connectivity index (χ2v) is 2.65. The summed E-state index contributed by atoms with van der Waals surface area (Å²) < 4.78 is 10.8. The molecule has 0 bridgehead atoms. The third-order valence-electron chi connectivity index (χ3n) is 1.61. The van der Waals surface area contributed by atoms with Gasteiger partial charge < -0.3 is 9.47 Å². The van der Waals surface area contributed by atoms with E-state index in [1.807, 2.05) is 27.0 Å². The molecule has 0 amide bonds. The van der Waals surface area contributed by atoms with Gasteiger partial charge in [0, 0.05) is 26.2 Å². The topological polar surface area (TPSA) is 30.8 Å². The minimum Gasteiger partial charge on any atom is -0.353 e. The van der Waals surface area contributed by atoms with Crippen LogP contribution in [0.4, 0.5) is 0 Å². The average Bonchev–Trinajstić information content (AvgIpc) is 2.13. The molecule has 3 heteroatoms. The molecule has 0 saturated heterocycles. The van der Waals surface area contributed by atoms with Gasteiger partial charge in [-0.25, -0.2) is 0 Å². The quantitative estimate of drug-likeness (QED) is 0.331. The smallest absolute Gasteiger partial charge is 0.157 e. The predicted molar refractivity (Wildman–Crippen MR) is 55.3 cm³/mol. The van der Waals surface area contributed by atoms with Crippen LogP contribution in [0.3, 0.4) is 0 Å². The first-order valence-corrected chi connectivity index (χ1v) is 5.02. The van der Waals surface area contributed by atoms with E-state index in [2.05, 4.69) is 4.99 Å². The molecule has 0 aromatic carbocycles. The molecule has 3 nitrogen and oxygen atoms in total. The summed E-state index contributed by atoms with van der Waals surface area (Å²) in [5.41, 5.74) is 0. The summed E-state index contributed by atoms with van der Waals surface area (Å²) >= 11 is 0. The van der Waals surface area contributed by atoms with Gasteiger partial charge in [0.1, 0.15) is 0 Å². The maximum atomic E-state index is 5.39. The van der Waals surface area contributed by atoms with Crippen LogP contribution in [0.15, 0.2) is 4.99 Å². The van der Waals surface area contributed by atoms with Crippen molar-refractivity contribution in [3.63, 3.8) is 0 Å². The summed E-state index contributed by atoms with van der Waals surface area (Å²) in [4.78, 5) is 4.13. The molecule has 0 aliphatic carbocycles. The van der Waals surface area contributed by atoms with Crippen molar-refractivity contribution in [1.82, 2.24) is 0 Å². The summed E-state index contributed by atoms with van der Waals surface area (Å²) in [7, 11) is 0. The number of ether oxygens (including phenoxy) is 2. The zero-order valence-electron chi connectivity index (χ0n) is 8.95. The minimum atomic E-state index is -0.0398. The molecule has 0 spiro atoms. The maximum absolute atomic E-state index is 5.39. The van der Waals surface area contributed by atoms with Crippen LogP contribution in [0.1, 0.15) is 33.6 Å². The number of rotatable bonds is 8. The van der Waals surface area contributed by atoms with Gasteiger partial charge in [0.25, 0.3) is 0 Å². The Morgan fingerprint density at radius 2 is 1.85 bits per heavy atom. The van der Waals surface area contributed by atoms with E-state index >= 15 is 0 Å². The van der Waals surface area contributed by atoms with E-state index in [0.717, 1.165) is 19.4 Å². The first-order valence-electron chi connectivity index (χ1n) is 5.02. The molecule has 0 rings (SSSR count). The highest BCUT2D eigenvalue weighted by molar-refractivity contribution is 5.53. The highest BCUT2D eigenvalue weighted by atomic mass is 16.7. The van der Waals surface area contributed by atoms with Crippen LogP contribution < -0.4 is 0 Å². The zero-order valence-corrected chi connectivity index (χ0v) is 8.95. The third kappa shape index (κ3) is 7.94. The molecule has 0 fully saturated rings. The van der Waals surface area contributed by atoms with Gasteiger partial charge in [0.15, 0.2) is 6.29 Å². The van der Waals surface area contributed by atoms with Crippen molar-refractivity contribution in [3.8, 4) is 0 Å². The molecular formula is C10H21NO2. The fraction of sp³-hybridized carbons (Fsp3) is 0.900. The van der Waals surface area contributed by atoms with Crippen LogP contribution in [0.2, 0.25) is 0 Å². The molecule has 0 atom stereocenters. The van der Waals surface area contributed by atoms with Crippen molar-refractivity contribution < 1.29 is 9.47 Å². The Morgan fingerprint density at radius 1 is 1.23 bits per heavy atom. The Hall–Kier alpha value is -0.410. The molecule has 0 radical (unpaired) electrons. The van der Waals surface area contributed by atoms with Crippen molar-refractivity contribution in [2.24, 2.45) is 4.99 Å². The van der Waals surface area contributed by atoms with E-state index in [1.165, 1.54) is 0 Å². The van der Waals surface area contributed by atoms with Gasteiger partial charge in [-0.2, -0.15) is 0 Å². The monoisotopic (exact) mass is 187 g/mol. The minimum absolute atomic E-state index is 0.0398. The van der Waals surface area contributed by atoms with Crippen molar-refractivity contribution in [2.45, 2.75) is 39.9 Å². The molecule has 0 heterocycles. The number of aliphatic imine (C=N–C) groups is 1. The zero-order chi connectivity index (χ0) is 9.94. The summed E-state index contributed by atoms with van der Waals surface area (Å²) in [5, 5.41) is 0. The molecule has 0 unspecified atom stereocenters. The molecule has 0 aliphatic rings. The molecule has 0 aliphatic heterocycles. The standard InChI is InChI=1S/C10H21NO2/c1-4-11-9-7-8-10(12-5-2)13-6-3/h4,10H,5-9H2,1-3H3/b11-4-. The SMILES string of the molecule is C/C=N\CCCC(OCC)OCC. The first kappa shape index (κ1) is 12.6. The summed E-state index contributed by atoms with van der Waals surface area (Å²) in [6.45, 7) is 8.19. The molecule has 13 heavy (non-hydrogen) atoms. The van der Waals surface area contributed by atoms with Crippen LogP contribution in [-0.4, -0.2) is 32.3 Å². The summed E-state index contributed by atoms with van der Waals surface area (Å²) in [6, 6.07) is 0. The van der Waals surface area contributed by atoms with E-state index in [-0.39, 0.29) is 6.29 Å². The fourth-order valence-electron chi connectivity index (χ4n) is 1.06. The van der Waals surface area contributed by atoms with Gasteiger partial charge in [-0.1, -0.05) is 0 Å². The Labute approximate surface area is 81.1 Å². The Bertz CT molecular complexity index is 120. The van der Waals surface area contributed by atoms with Gasteiger partial charge in [-0.15, -0.1) is 0 Å². The molecule has 0 aromatic rings. The van der Waals surface area contributed by atoms with Crippen LogP contribution in [0, 0.1) is 0 Å². The average molecular weight is 187 g/mol. The first-order chi connectivity index (χ1) is 6.35. The summed E-state index contributed by atoms with van der Waals surface area (Å²) in [6.07, 6.45) is 3.74. The Balaban J connectivity index is 3.43. The van der Waals surface area contributed by atoms with E-state index in [9.17, 15) is 0 Å². The lowest BCUT2D eigenvalue weighted by Gasteiger charge is -2.15. The lowest BCUT2D eigenvalue weighted by atomic mass is 10.3. The lowest BCUT2D eigenvalue weighted by Crippen LogP contribution is -2.17. The summed E-state index contributed by atoms with van der Waals surface area (Å²) in [5.74, 6) is 0. The van der Waals surface area contributed by atoms with E-state index < -0.39 is 0 Å². The van der Waals surface area contributed by atoms with Crippen molar-refractivity contribution >= 4 is 6.21 Å². The van der Waals surface area contributed by atoms with Crippen LogP contribution in [-0.2, 0) is 9.47 Å². The predicted octanol–water partition coefficient (Wildman–Crippen LogP) is 2.26. The second-order valence-electron chi connectivity index (χ2n) is 2.65. The number of hydrogen-bond acceptors (Lipinski definition) is 3. The van der Waals surface area contributed by atoms with Crippen molar-refractivity contribution in [1.29, 1.82) is 0 Å². The Morgan fingerprint density at radius 3 is 2.31 bits per heavy atom. The van der Waals surface area contributed by atoms with Crippen molar-refractivity contribution in [3.05, 3.63) is 0 Å². The molecule has 0 aromatic heterocycles. The Kier molecular flexibility index (Phi) is 9.37. The molecular weight excluding hydrogens is 166 g/mol. The normalized spacial score (nSPS) is 11.7. The maximum Gasteiger partial charge on any atom is 0.157 e. The fourth-order valence-corrected chi connectivity index (χ4v) is 1.06. The van der Waals surface area contributed by atoms with E-state index in [1.54, 1.807) is 0 Å². The van der Waals surface area contributed by atoms with E-state index in [4.69, 9.17) is 9.47 Å². The van der Waals surface area contributed by atoms with Gasteiger partial charge in [0.05, 0.1) is 0 Å². The van der Waals surface area contributed by atoms with Crippen LogP contribution in [0.5, 0.6) is 0 Å². The largest absolute Gasteiger partial charge is 0.353 e. The number of hydrogen-bond donors (Lipinski definition) is 0. The van der Waals surface area contributed by atoms with Gasteiger partial charge in [-0.05, 0) is 33.4 Å². The molecule has 0 saturated carbocycles. The second kappa shape index (κ2) is 9.68. The number of nitrogens with zero attached hydrogens (tertiary/aromatic N) is 1. The van der Waals surface area contributed by atoms with Crippen LogP contribution >= 0.6 is 0 Å². The van der Waals surface area contributed by atoms with Gasteiger partial charge in [-0.3, -0.25) is 4.99 Å². The highest BCUT2D eigenvalue weighted by Gasteiger charge is 2.05. The lowest BCUT2D eigenvalue weighted by molar-refractivity contribution is -0.139. The third-order valence-corrected chi connectivity index (χ3v) is 1.61. The van der Waals surface area contributed by atoms with Crippen LogP contribution in [0.25, 0.3) is 0 Å². The van der Waals surface area contributed by atoms with Crippen molar-refractivity contribution in [2.75, 3.05) is 19.8 Å².